The molecule has 0 N–H and O–H groups in total. The third-order valence-electron chi connectivity index (χ3n) is 7.42. The van der Waals surface area contributed by atoms with Gasteiger partial charge < -0.3 is 0 Å². The third kappa shape index (κ3) is 2.70. The van der Waals surface area contributed by atoms with Crippen LogP contribution in [0, 0.1) is 0 Å². The highest BCUT2D eigenvalue weighted by molar-refractivity contribution is 7.99. The zero-order valence-electron chi connectivity index (χ0n) is 19.0. The quantitative estimate of drug-likeness (QED) is 0.173. The number of rotatable bonds is 1. The Morgan fingerprint density at radius 1 is 0.371 bits per heavy atom. The topological polar surface area (TPSA) is 0 Å². The van der Waals surface area contributed by atoms with E-state index in [9.17, 15) is 0 Å². The SMILES string of the molecule is c1ccc2c(c1)Sc1ccc(-c3c4ccccc4cc4ccc5ccccc5c34)c3cccc-2c13. The van der Waals surface area contributed by atoms with Crippen LogP contribution in [0.25, 0.3) is 65.3 Å². The predicted molar refractivity (Wildman–Crippen MR) is 151 cm³/mol. The van der Waals surface area contributed by atoms with Gasteiger partial charge in [0.1, 0.15) is 0 Å². The van der Waals surface area contributed by atoms with Gasteiger partial charge in [0.2, 0.25) is 0 Å². The van der Waals surface area contributed by atoms with Gasteiger partial charge in [-0.15, -0.1) is 0 Å². The van der Waals surface area contributed by atoms with Gasteiger partial charge >= 0.3 is 0 Å². The van der Waals surface area contributed by atoms with E-state index in [1.807, 2.05) is 11.8 Å². The largest absolute Gasteiger partial charge is 0.0888 e. The first-order chi connectivity index (χ1) is 17.4. The molecule has 1 aliphatic rings. The molecule has 0 spiro atoms. The fourth-order valence-corrected chi connectivity index (χ4v) is 7.05. The summed E-state index contributed by atoms with van der Waals surface area (Å²) < 4.78 is 0. The summed E-state index contributed by atoms with van der Waals surface area (Å²) in [5, 5.41) is 10.5. The van der Waals surface area contributed by atoms with Crippen molar-refractivity contribution in [3.05, 3.63) is 121 Å². The van der Waals surface area contributed by atoms with Crippen LogP contribution >= 0.6 is 11.8 Å². The Hall–Kier alpha value is -4.07. The summed E-state index contributed by atoms with van der Waals surface area (Å²) in [4.78, 5) is 2.68. The van der Waals surface area contributed by atoms with Crippen LogP contribution in [0.15, 0.2) is 131 Å². The van der Waals surface area contributed by atoms with Gasteiger partial charge in [-0.2, -0.15) is 0 Å². The standard InChI is InChI=1S/C34H20S/c1-3-10-24-21(8-1)16-17-23-20-22-9-2-4-11-25(22)34(32(23)24)29-18-19-31-33-27(13-7-14-28(29)33)26-12-5-6-15-30(26)35-31/h1-20H. The van der Waals surface area contributed by atoms with Crippen molar-refractivity contribution in [2.45, 2.75) is 9.79 Å². The van der Waals surface area contributed by atoms with Crippen molar-refractivity contribution in [1.82, 2.24) is 0 Å². The molecule has 0 bridgehead atoms. The first-order valence-electron chi connectivity index (χ1n) is 12.0. The second kappa shape index (κ2) is 7.21. The van der Waals surface area contributed by atoms with E-state index >= 15 is 0 Å². The Labute approximate surface area is 207 Å². The number of benzene rings is 7. The van der Waals surface area contributed by atoms with Crippen LogP contribution in [-0.4, -0.2) is 0 Å². The minimum Gasteiger partial charge on any atom is -0.0888 e. The molecule has 0 fully saturated rings. The van der Waals surface area contributed by atoms with E-state index in [0.717, 1.165) is 0 Å². The summed E-state index contributed by atoms with van der Waals surface area (Å²) in [6.45, 7) is 0. The minimum absolute atomic E-state index is 1.28. The third-order valence-corrected chi connectivity index (χ3v) is 8.56. The zero-order chi connectivity index (χ0) is 22.9. The molecular weight excluding hydrogens is 440 g/mol. The highest BCUT2D eigenvalue weighted by Crippen LogP contribution is 2.51. The van der Waals surface area contributed by atoms with E-state index in [0.29, 0.717) is 0 Å². The summed E-state index contributed by atoms with van der Waals surface area (Å²) in [7, 11) is 0. The second-order valence-corrected chi connectivity index (χ2v) is 10.4. The summed E-state index contributed by atoms with van der Waals surface area (Å²) >= 11 is 1.89. The molecule has 7 aromatic rings. The number of fused-ring (bicyclic) bond motifs is 6. The lowest BCUT2D eigenvalue weighted by molar-refractivity contribution is 1.40. The molecule has 1 aliphatic heterocycles. The van der Waals surface area contributed by atoms with Crippen LogP contribution in [0.3, 0.4) is 0 Å². The van der Waals surface area contributed by atoms with Gasteiger partial charge in [-0.3, -0.25) is 0 Å². The molecule has 7 aromatic carbocycles. The van der Waals surface area contributed by atoms with Crippen molar-refractivity contribution in [2.24, 2.45) is 0 Å². The maximum absolute atomic E-state index is 2.35. The van der Waals surface area contributed by atoms with E-state index in [4.69, 9.17) is 0 Å². The van der Waals surface area contributed by atoms with Gasteiger partial charge in [0.05, 0.1) is 0 Å². The highest BCUT2D eigenvalue weighted by atomic mass is 32.2. The molecule has 1 heteroatoms. The molecule has 8 rings (SSSR count). The zero-order valence-corrected chi connectivity index (χ0v) is 19.8. The second-order valence-electron chi connectivity index (χ2n) is 9.30. The smallest absolute Gasteiger partial charge is 0.0207 e. The fraction of sp³-hybridized carbons (Fsp3) is 0. The van der Waals surface area contributed by atoms with Crippen molar-refractivity contribution < 1.29 is 0 Å². The first-order valence-corrected chi connectivity index (χ1v) is 12.8. The Bertz CT molecular complexity index is 1980. The van der Waals surface area contributed by atoms with Crippen molar-refractivity contribution in [2.75, 3.05) is 0 Å². The van der Waals surface area contributed by atoms with Crippen LogP contribution in [0.2, 0.25) is 0 Å². The minimum atomic E-state index is 1.28. The lowest BCUT2D eigenvalue weighted by Gasteiger charge is -2.23. The van der Waals surface area contributed by atoms with Crippen LogP contribution < -0.4 is 0 Å². The molecule has 0 amide bonds. The Kier molecular flexibility index (Phi) is 3.97. The van der Waals surface area contributed by atoms with E-state index in [-0.39, 0.29) is 0 Å². The molecule has 0 nitrogen and oxygen atoms in total. The van der Waals surface area contributed by atoms with Crippen molar-refractivity contribution in [3.63, 3.8) is 0 Å². The first kappa shape index (κ1) is 19.3. The van der Waals surface area contributed by atoms with Crippen LogP contribution in [0.5, 0.6) is 0 Å². The molecule has 162 valence electrons. The monoisotopic (exact) mass is 460 g/mol. The summed E-state index contributed by atoms with van der Waals surface area (Å²) in [6, 6.07) is 44.8. The van der Waals surface area contributed by atoms with Crippen molar-refractivity contribution >= 4 is 54.9 Å². The van der Waals surface area contributed by atoms with Gasteiger partial charge in [-0.25, -0.2) is 0 Å². The van der Waals surface area contributed by atoms with Gasteiger partial charge in [-0.05, 0) is 78.2 Å². The number of hydrogen-bond acceptors (Lipinski definition) is 1. The Balaban J connectivity index is 1.58. The van der Waals surface area contributed by atoms with Gasteiger partial charge in [0.15, 0.2) is 0 Å². The average molecular weight is 461 g/mol. The van der Waals surface area contributed by atoms with Gasteiger partial charge in [-0.1, -0.05) is 115 Å². The molecule has 0 aromatic heterocycles. The molecule has 35 heavy (non-hydrogen) atoms. The van der Waals surface area contributed by atoms with E-state index in [1.165, 1.54) is 75.1 Å². The molecule has 1 heterocycles. The molecule has 0 unspecified atom stereocenters. The van der Waals surface area contributed by atoms with Crippen LogP contribution in [0.1, 0.15) is 0 Å². The molecule has 0 aliphatic carbocycles. The maximum Gasteiger partial charge on any atom is 0.0207 e. The summed E-state index contributed by atoms with van der Waals surface area (Å²) in [5.74, 6) is 0. The van der Waals surface area contributed by atoms with E-state index in [1.54, 1.807) is 0 Å². The van der Waals surface area contributed by atoms with Gasteiger partial charge in [0.25, 0.3) is 0 Å². The van der Waals surface area contributed by atoms with E-state index in [2.05, 4.69) is 121 Å². The molecule has 0 saturated carbocycles. The lowest BCUT2D eigenvalue weighted by atomic mass is 9.86. The molecule has 0 radical (unpaired) electrons. The Morgan fingerprint density at radius 3 is 2.03 bits per heavy atom. The highest BCUT2D eigenvalue weighted by Gasteiger charge is 2.22. The number of hydrogen-bond donors (Lipinski definition) is 0. The maximum atomic E-state index is 2.35. The predicted octanol–water partition coefficient (Wildman–Crippen LogP) is 10.1. The summed E-state index contributed by atoms with van der Waals surface area (Å²) in [5.41, 5.74) is 5.32. The van der Waals surface area contributed by atoms with E-state index < -0.39 is 0 Å². The Morgan fingerprint density at radius 2 is 1.09 bits per heavy atom. The average Bonchev–Trinajstić information content (AvgIpc) is 2.92. The van der Waals surface area contributed by atoms with Crippen molar-refractivity contribution in [3.8, 4) is 22.3 Å². The van der Waals surface area contributed by atoms with Crippen LogP contribution in [-0.2, 0) is 0 Å². The normalized spacial score (nSPS) is 12.5. The fourth-order valence-electron chi connectivity index (χ4n) is 5.92. The molecule has 0 saturated heterocycles. The molecule has 0 atom stereocenters. The van der Waals surface area contributed by atoms with Crippen LogP contribution in [0.4, 0.5) is 0 Å². The molecular formula is C34H20S. The summed E-state index contributed by atoms with van der Waals surface area (Å²) in [6.07, 6.45) is 0. The van der Waals surface area contributed by atoms with Gasteiger partial charge in [0, 0.05) is 15.2 Å². The lowest BCUT2D eigenvalue weighted by Crippen LogP contribution is -1.95. The van der Waals surface area contributed by atoms with Crippen molar-refractivity contribution in [1.29, 1.82) is 0 Å².